The van der Waals surface area contributed by atoms with Crippen LogP contribution in [0, 0.1) is 5.92 Å². The van der Waals surface area contributed by atoms with Crippen LogP contribution in [0.25, 0.3) is 0 Å². The largest absolute Gasteiger partial charge is 0.279 e. The van der Waals surface area contributed by atoms with Crippen molar-refractivity contribution in [2.24, 2.45) is 5.92 Å². The van der Waals surface area contributed by atoms with Crippen molar-refractivity contribution < 1.29 is 8.42 Å². The van der Waals surface area contributed by atoms with E-state index in [0.717, 1.165) is 12.8 Å². The summed E-state index contributed by atoms with van der Waals surface area (Å²) >= 11 is 3.44. The van der Waals surface area contributed by atoms with Crippen molar-refractivity contribution >= 4 is 26.1 Å². The molecule has 1 rings (SSSR count). The standard InChI is InChI=1S/C11H23BrN2O2S/c1-9-6-5-7-14(8-9)17(15,16)13-11(3,4)10(2)12/h9-10,13H,5-8H2,1-4H3. The predicted molar refractivity (Wildman–Crippen MR) is 74.5 cm³/mol. The number of nitrogens with zero attached hydrogens (tertiary/aromatic N) is 1. The Kier molecular flexibility index (Phi) is 5.03. The van der Waals surface area contributed by atoms with Gasteiger partial charge in [-0.1, -0.05) is 29.8 Å². The van der Waals surface area contributed by atoms with E-state index in [1.165, 1.54) is 0 Å². The molecule has 17 heavy (non-hydrogen) atoms. The lowest BCUT2D eigenvalue weighted by atomic mass is 10.0. The number of nitrogens with one attached hydrogen (secondary N) is 1. The average molecular weight is 327 g/mol. The summed E-state index contributed by atoms with van der Waals surface area (Å²) in [6.07, 6.45) is 2.07. The first-order valence-electron chi connectivity index (χ1n) is 6.08. The summed E-state index contributed by atoms with van der Waals surface area (Å²) in [4.78, 5) is 0.0759. The van der Waals surface area contributed by atoms with Crippen molar-refractivity contribution in [3.8, 4) is 0 Å². The maximum absolute atomic E-state index is 12.2. The molecule has 2 atom stereocenters. The summed E-state index contributed by atoms with van der Waals surface area (Å²) in [5.74, 6) is 0.449. The van der Waals surface area contributed by atoms with Gasteiger partial charge in [-0.3, -0.25) is 0 Å². The summed E-state index contributed by atoms with van der Waals surface area (Å²) < 4.78 is 28.8. The SMILES string of the molecule is CC1CCCN(S(=O)(=O)NC(C)(C)C(C)Br)C1. The molecule has 0 aromatic rings. The summed E-state index contributed by atoms with van der Waals surface area (Å²) in [7, 11) is -3.37. The van der Waals surface area contributed by atoms with Crippen LogP contribution in [0.4, 0.5) is 0 Å². The number of hydrogen-bond acceptors (Lipinski definition) is 2. The highest BCUT2D eigenvalue weighted by Crippen LogP contribution is 2.22. The molecular weight excluding hydrogens is 304 g/mol. The second-order valence-electron chi connectivity index (χ2n) is 5.55. The maximum atomic E-state index is 12.2. The minimum atomic E-state index is -3.37. The van der Waals surface area contributed by atoms with Crippen molar-refractivity contribution in [3.63, 3.8) is 0 Å². The number of alkyl halides is 1. The number of hydrogen-bond donors (Lipinski definition) is 1. The third-order valence-electron chi connectivity index (χ3n) is 3.35. The van der Waals surface area contributed by atoms with Crippen LogP contribution in [0.3, 0.4) is 0 Å². The van der Waals surface area contributed by atoms with Gasteiger partial charge in [-0.25, -0.2) is 0 Å². The molecule has 0 amide bonds. The van der Waals surface area contributed by atoms with Gasteiger partial charge in [-0.15, -0.1) is 0 Å². The molecule has 0 aliphatic carbocycles. The monoisotopic (exact) mass is 326 g/mol. The molecular formula is C11H23BrN2O2S. The highest BCUT2D eigenvalue weighted by molar-refractivity contribution is 9.09. The lowest BCUT2D eigenvalue weighted by Gasteiger charge is -2.35. The van der Waals surface area contributed by atoms with Gasteiger partial charge < -0.3 is 0 Å². The van der Waals surface area contributed by atoms with Gasteiger partial charge in [0, 0.05) is 23.5 Å². The Morgan fingerprint density at radius 3 is 2.53 bits per heavy atom. The Labute approximate surface area is 113 Å². The van der Waals surface area contributed by atoms with Gasteiger partial charge in [0.05, 0.1) is 0 Å². The molecule has 0 spiro atoms. The van der Waals surface area contributed by atoms with E-state index in [1.807, 2.05) is 20.8 Å². The van der Waals surface area contributed by atoms with Gasteiger partial charge >= 0.3 is 0 Å². The molecule has 102 valence electrons. The molecule has 0 aromatic heterocycles. The fraction of sp³-hybridized carbons (Fsp3) is 1.00. The van der Waals surface area contributed by atoms with Crippen LogP contribution in [0.2, 0.25) is 0 Å². The zero-order chi connectivity index (χ0) is 13.3. The van der Waals surface area contributed by atoms with Gasteiger partial charge in [-0.2, -0.15) is 17.4 Å². The first kappa shape index (κ1) is 15.4. The van der Waals surface area contributed by atoms with E-state index < -0.39 is 15.7 Å². The van der Waals surface area contributed by atoms with Crippen LogP contribution in [-0.2, 0) is 10.2 Å². The quantitative estimate of drug-likeness (QED) is 0.804. The Balaban J connectivity index is 2.75. The van der Waals surface area contributed by atoms with E-state index in [1.54, 1.807) is 4.31 Å². The van der Waals surface area contributed by atoms with Gasteiger partial charge in [0.15, 0.2) is 0 Å². The van der Waals surface area contributed by atoms with Crippen LogP contribution in [0.15, 0.2) is 0 Å². The summed E-state index contributed by atoms with van der Waals surface area (Å²) in [5, 5.41) is 0. The van der Waals surface area contributed by atoms with Crippen LogP contribution in [0.5, 0.6) is 0 Å². The first-order valence-corrected chi connectivity index (χ1v) is 8.44. The van der Waals surface area contributed by atoms with Crippen molar-refractivity contribution in [2.75, 3.05) is 13.1 Å². The fourth-order valence-electron chi connectivity index (χ4n) is 1.84. The first-order chi connectivity index (χ1) is 7.65. The van der Waals surface area contributed by atoms with Crippen LogP contribution in [-0.4, -0.2) is 36.2 Å². The molecule has 1 aliphatic rings. The molecule has 4 nitrogen and oxygen atoms in total. The van der Waals surface area contributed by atoms with Crippen LogP contribution in [0.1, 0.15) is 40.5 Å². The number of halogens is 1. The van der Waals surface area contributed by atoms with E-state index in [-0.39, 0.29) is 4.83 Å². The molecule has 1 N–H and O–H groups in total. The Morgan fingerprint density at radius 2 is 2.06 bits per heavy atom. The fourth-order valence-corrected chi connectivity index (χ4v) is 3.90. The van der Waals surface area contributed by atoms with Gasteiger partial charge in [0.25, 0.3) is 10.2 Å². The van der Waals surface area contributed by atoms with E-state index in [2.05, 4.69) is 27.6 Å². The maximum Gasteiger partial charge on any atom is 0.279 e. The molecule has 0 radical (unpaired) electrons. The highest BCUT2D eigenvalue weighted by atomic mass is 79.9. The van der Waals surface area contributed by atoms with Crippen LogP contribution < -0.4 is 4.72 Å². The molecule has 6 heteroatoms. The smallest absolute Gasteiger partial charge is 0.195 e. The minimum absolute atomic E-state index is 0.0759. The minimum Gasteiger partial charge on any atom is -0.195 e. The number of piperidine rings is 1. The van der Waals surface area contributed by atoms with Crippen molar-refractivity contribution in [2.45, 2.75) is 50.9 Å². The van der Waals surface area contributed by atoms with E-state index >= 15 is 0 Å². The lowest BCUT2D eigenvalue weighted by molar-refractivity contribution is 0.273. The van der Waals surface area contributed by atoms with E-state index in [9.17, 15) is 8.42 Å². The summed E-state index contributed by atoms with van der Waals surface area (Å²) in [6.45, 7) is 9.07. The normalized spacial score (nSPS) is 25.8. The third-order valence-corrected chi connectivity index (χ3v) is 6.29. The van der Waals surface area contributed by atoms with Crippen molar-refractivity contribution in [1.82, 2.24) is 9.03 Å². The molecule has 0 bridgehead atoms. The molecule has 0 saturated carbocycles. The van der Waals surface area contributed by atoms with Crippen LogP contribution >= 0.6 is 15.9 Å². The lowest BCUT2D eigenvalue weighted by Crippen LogP contribution is -2.55. The van der Waals surface area contributed by atoms with Gasteiger partial charge in [0.1, 0.15) is 0 Å². The topological polar surface area (TPSA) is 49.4 Å². The molecule has 1 heterocycles. The van der Waals surface area contributed by atoms with Gasteiger partial charge in [0.2, 0.25) is 0 Å². The molecule has 1 fully saturated rings. The predicted octanol–water partition coefficient (Wildman–Crippen LogP) is 2.11. The Bertz CT molecular complexity index is 354. The van der Waals surface area contributed by atoms with Crippen molar-refractivity contribution in [3.05, 3.63) is 0 Å². The Morgan fingerprint density at radius 1 is 1.47 bits per heavy atom. The molecule has 1 saturated heterocycles. The molecule has 1 aliphatic heterocycles. The van der Waals surface area contributed by atoms with Gasteiger partial charge in [-0.05, 0) is 32.6 Å². The number of rotatable bonds is 4. The summed E-state index contributed by atoms with van der Waals surface area (Å²) in [5.41, 5.74) is -0.487. The van der Waals surface area contributed by atoms with E-state index in [0.29, 0.717) is 19.0 Å². The van der Waals surface area contributed by atoms with E-state index in [4.69, 9.17) is 0 Å². The second-order valence-corrected chi connectivity index (χ2v) is 8.59. The average Bonchev–Trinajstić information content (AvgIpc) is 2.15. The molecule has 0 aromatic carbocycles. The van der Waals surface area contributed by atoms with Crippen molar-refractivity contribution in [1.29, 1.82) is 0 Å². The highest BCUT2D eigenvalue weighted by Gasteiger charge is 2.34. The zero-order valence-electron chi connectivity index (χ0n) is 11.0. The second kappa shape index (κ2) is 5.55. The third kappa shape index (κ3) is 4.19. The molecule has 2 unspecified atom stereocenters. The zero-order valence-corrected chi connectivity index (χ0v) is 13.4. The summed E-state index contributed by atoms with van der Waals surface area (Å²) in [6, 6.07) is 0. The Hall–Kier alpha value is 0.350.